The molecule has 0 spiro atoms. The maximum atomic E-state index is 5.32. The Kier molecular flexibility index (Phi) is 7.45. The van der Waals surface area contributed by atoms with E-state index in [0.717, 1.165) is 79.2 Å². The standard InChI is InChI=1S/C48H34N8/c1-3-10-44-36(7-1)38-29-50-23-18-46(38)55(44)35-14-12-31(13-15-35)33-25-41(40-9-5-6-20-52-40)53-42(26-33)43-27-34(32-16-21-49-22-17-32)28-48(54-43)56-45-11-4-2-8-37(45)39-30-51-24-19-47(39)56/h1-28,30,43,50,54H,29H2. The van der Waals surface area contributed by atoms with Crippen LogP contribution in [0.2, 0.25) is 0 Å². The van der Waals surface area contributed by atoms with Gasteiger partial charge in [-0.1, -0.05) is 54.6 Å². The zero-order valence-electron chi connectivity index (χ0n) is 30.2. The minimum atomic E-state index is -0.268. The Morgan fingerprint density at radius 2 is 1.38 bits per heavy atom. The van der Waals surface area contributed by atoms with Gasteiger partial charge in [0.05, 0.1) is 45.4 Å². The van der Waals surface area contributed by atoms with Crippen molar-refractivity contribution < 1.29 is 0 Å². The molecular weight excluding hydrogens is 689 g/mol. The Hall–Kier alpha value is -7.58. The Labute approximate surface area is 322 Å². The number of rotatable bonds is 6. The predicted octanol–water partition coefficient (Wildman–Crippen LogP) is 9.95. The maximum absolute atomic E-state index is 5.32. The lowest BCUT2D eigenvalue weighted by Gasteiger charge is -2.27. The van der Waals surface area contributed by atoms with Crippen molar-refractivity contribution in [3.8, 4) is 28.2 Å². The third kappa shape index (κ3) is 5.30. The van der Waals surface area contributed by atoms with Gasteiger partial charge in [0.15, 0.2) is 0 Å². The molecule has 9 aromatic rings. The molecule has 0 radical (unpaired) electrons. The summed E-state index contributed by atoms with van der Waals surface area (Å²) in [7, 11) is 0. The number of fused-ring (bicyclic) bond motifs is 6. The highest BCUT2D eigenvalue weighted by Gasteiger charge is 2.24. The topological polar surface area (TPSA) is 85.5 Å². The normalized spacial score (nSPS) is 15.0. The SMILES string of the molecule is C1=Cc2c(c3ccccc3n2-c2ccc(-c3cc(-c4ccccn4)nc(C4C=C(c5ccncc5)C=C(n5c6ccccc6c6cnccc65)N4)c3)cc2)CN1. The van der Waals surface area contributed by atoms with Crippen molar-refractivity contribution in [1.29, 1.82) is 0 Å². The molecule has 0 saturated heterocycles. The van der Waals surface area contributed by atoms with Crippen LogP contribution in [0.5, 0.6) is 0 Å². The fourth-order valence-electron chi connectivity index (χ4n) is 8.30. The van der Waals surface area contributed by atoms with E-state index < -0.39 is 0 Å². The number of dihydropyridines is 1. The summed E-state index contributed by atoms with van der Waals surface area (Å²) in [6.45, 7) is 0.810. The van der Waals surface area contributed by atoms with Gasteiger partial charge in [0.2, 0.25) is 0 Å². The lowest BCUT2D eigenvalue weighted by molar-refractivity contribution is 0.716. The second-order valence-electron chi connectivity index (χ2n) is 14.1. The van der Waals surface area contributed by atoms with Crippen molar-refractivity contribution in [3.63, 3.8) is 0 Å². The van der Waals surface area contributed by atoms with Gasteiger partial charge in [0.25, 0.3) is 0 Å². The second-order valence-corrected chi connectivity index (χ2v) is 14.1. The summed E-state index contributed by atoms with van der Waals surface area (Å²) in [6, 6.07) is 42.2. The van der Waals surface area contributed by atoms with Gasteiger partial charge < -0.3 is 15.2 Å². The number of aromatic nitrogens is 6. The van der Waals surface area contributed by atoms with Crippen molar-refractivity contribution in [1.82, 2.24) is 39.7 Å². The lowest BCUT2D eigenvalue weighted by Crippen LogP contribution is -2.26. The number of pyridine rings is 4. The molecule has 2 aliphatic heterocycles. The average molecular weight is 723 g/mol. The minimum Gasteiger partial charge on any atom is -0.387 e. The van der Waals surface area contributed by atoms with Crippen molar-refractivity contribution in [2.45, 2.75) is 12.6 Å². The maximum Gasteiger partial charge on any atom is 0.112 e. The fourth-order valence-corrected chi connectivity index (χ4v) is 8.30. The van der Waals surface area contributed by atoms with Gasteiger partial charge in [0, 0.05) is 64.9 Å². The zero-order valence-corrected chi connectivity index (χ0v) is 30.2. The zero-order chi connectivity index (χ0) is 37.0. The molecule has 0 amide bonds. The number of benzene rings is 3. The third-order valence-corrected chi connectivity index (χ3v) is 10.9. The second kappa shape index (κ2) is 13.1. The van der Waals surface area contributed by atoms with Gasteiger partial charge in [-0.15, -0.1) is 0 Å². The fraction of sp³-hybridized carbons (Fsp3) is 0.0417. The highest BCUT2D eigenvalue weighted by molar-refractivity contribution is 6.10. The van der Waals surface area contributed by atoms with Gasteiger partial charge in [-0.2, -0.15) is 0 Å². The van der Waals surface area contributed by atoms with Gasteiger partial charge >= 0.3 is 0 Å². The van der Waals surface area contributed by atoms with E-state index in [2.05, 4.69) is 151 Å². The van der Waals surface area contributed by atoms with Gasteiger partial charge in [-0.05, 0) is 113 Å². The molecule has 8 nitrogen and oxygen atoms in total. The van der Waals surface area contributed by atoms with E-state index in [1.807, 2.05) is 55.4 Å². The summed E-state index contributed by atoms with van der Waals surface area (Å²) in [5, 5.41) is 10.8. The molecular formula is C48H34N8. The highest BCUT2D eigenvalue weighted by atomic mass is 15.2. The van der Waals surface area contributed by atoms with E-state index in [-0.39, 0.29) is 6.04 Å². The molecule has 1 atom stereocenters. The van der Waals surface area contributed by atoms with Crippen molar-refractivity contribution in [3.05, 3.63) is 193 Å². The quantitative estimate of drug-likeness (QED) is 0.178. The van der Waals surface area contributed by atoms with Crippen molar-refractivity contribution in [2.75, 3.05) is 0 Å². The number of hydrogen-bond donors (Lipinski definition) is 2. The summed E-state index contributed by atoms with van der Waals surface area (Å²) in [6.07, 6.45) is 18.0. The molecule has 0 aliphatic carbocycles. The van der Waals surface area contributed by atoms with E-state index in [1.165, 1.54) is 22.2 Å². The number of nitrogens with one attached hydrogen (secondary N) is 2. The summed E-state index contributed by atoms with van der Waals surface area (Å²) < 4.78 is 4.66. The monoisotopic (exact) mass is 722 g/mol. The van der Waals surface area contributed by atoms with Crippen LogP contribution in [0.4, 0.5) is 0 Å². The molecule has 1 unspecified atom stereocenters. The third-order valence-electron chi connectivity index (χ3n) is 10.9. The molecule has 0 saturated carbocycles. The van der Waals surface area contributed by atoms with Crippen LogP contribution in [-0.4, -0.2) is 29.1 Å². The molecule has 2 aliphatic rings. The number of nitrogens with zero attached hydrogens (tertiary/aromatic N) is 6. The molecule has 0 bridgehead atoms. The molecule has 8 heteroatoms. The van der Waals surface area contributed by atoms with E-state index in [1.54, 1.807) is 0 Å². The van der Waals surface area contributed by atoms with Crippen LogP contribution in [0, 0.1) is 0 Å². The smallest absolute Gasteiger partial charge is 0.112 e. The van der Waals surface area contributed by atoms with Crippen LogP contribution in [-0.2, 0) is 6.54 Å². The molecule has 56 heavy (non-hydrogen) atoms. The Morgan fingerprint density at radius 1 is 0.607 bits per heavy atom. The first-order valence-corrected chi connectivity index (χ1v) is 18.8. The van der Waals surface area contributed by atoms with Crippen LogP contribution >= 0.6 is 0 Å². The number of para-hydroxylation sites is 2. The largest absolute Gasteiger partial charge is 0.387 e. The van der Waals surface area contributed by atoms with Crippen LogP contribution < -0.4 is 10.6 Å². The summed E-state index contributed by atoms with van der Waals surface area (Å²) in [4.78, 5) is 18.8. The molecule has 8 heterocycles. The number of hydrogen-bond acceptors (Lipinski definition) is 6. The molecule has 3 aromatic carbocycles. The average Bonchev–Trinajstić information content (AvgIpc) is 3.80. The Morgan fingerprint density at radius 3 is 2.21 bits per heavy atom. The summed E-state index contributed by atoms with van der Waals surface area (Å²) in [5.74, 6) is 0.948. The van der Waals surface area contributed by atoms with Crippen LogP contribution in [0.15, 0.2) is 171 Å². The van der Waals surface area contributed by atoms with Gasteiger partial charge in [0.1, 0.15) is 5.82 Å². The predicted molar refractivity (Wildman–Crippen MR) is 225 cm³/mol. The van der Waals surface area contributed by atoms with E-state index in [0.29, 0.717) is 0 Å². The van der Waals surface area contributed by atoms with E-state index >= 15 is 0 Å². The van der Waals surface area contributed by atoms with Crippen LogP contribution in [0.3, 0.4) is 0 Å². The summed E-state index contributed by atoms with van der Waals surface area (Å²) in [5.41, 5.74) is 13.8. The number of allylic oxidation sites excluding steroid dienone is 2. The van der Waals surface area contributed by atoms with E-state index in [9.17, 15) is 0 Å². The van der Waals surface area contributed by atoms with E-state index in [4.69, 9.17) is 9.97 Å². The summed E-state index contributed by atoms with van der Waals surface area (Å²) >= 11 is 0. The van der Waals surface area contributed by atoms with Gasteiger partial charge in [-0.25, -0.2) is 4.98 Å². The first kappa shape index (κ1) is 31.9. The Bertz CT molecular complexity index is 2990. The van der Waals surface area contributed by atoms with Gasteiger partial charge in [-0.3, -0.25) is 19.5 Å². The van der Waals surface area contributed by atoms with Crippen LogP contribution in [0.25, 0.3) is 78.4 Å². The Balaban J connectivity index is 1.05. The first-order chi connectivity index (χ1) is 27.8. The molecule has 2 N–H and O–H groups in total. The molecule has 11 rings (SSSR count). The lowest BCUT2D eigenvalue weighted by atomic mass is 9.96. The first-order valence-electron chi connectivity index (χ1n) is 18.8. The van der Waals surface area contributed by atoms with Crippen LogP contribution in [0.1, 0.15) is 28.6 Å². The minimum absolute atomic E-state index is 0.268. The highest BCUT2D eigenvalue weighted by Crippen LogP contribution is 2.38. The van der Waals surface area contributed by atoms with Crippen molar-refractivity contribution >= 4 is 50.2 Å². The van der Waals surface area contributed by atoms with Crippen molar-refractivity contribution in [2.24, 2.45) is 0 Å². The molecule has 0 fully saturated rings. The molecule has 6 aromatic heterocycles. The molecule has 266 valence electrons.